The van der Waals surface area contributed by atoms with Crippen LogP contribution in [0.3, 0.4) is 0 Å². The van der Waals surface area contributed by atoms with Gasteiger partial charge in [-0.2, -0.15) is 4.31 Å². The number of amides is 1. The minimum atomic E-state index is -3.54. The molecular weight excluding hydrogens is 446 g/mol. The Morgan fingerprint density at radius 1 is 0.971 bits per heavy atom. The summed E-state index contributed by atoms with van der Waals surface area (Å²) in [7, 11) is -3.54. The normalized spacial score (nSPS) is 16.6. The first kappa shape index (κ1) is 26.4. The molecular formula is C27H39N3O3S. The van der Waals surface area contributed by atoms with E-state index in [1.54, 1.807) is 12.1 Å². The van der Waals surface area contributed by atoms with E-state index in [1.165, 1.54) is 9.87 Å². The van der Waals surface area contributed by atoms with E-state index in [4.69, 9.17) is 0 Å². The summed E-state index contributed by atoms with van der Waals surface area (Å²) in [6, 6.07) is 17.5. The molecule has 2 aromatic rings. The molecule has 1 saturated heterocycles. The number of carbonyl (C=O) groups is 1. The van der Waals surface area contributed by atoms with Gasteiger partial charge in [-0.05, 0) is 55.1 Å². The maximum absolute atomic E-state index is 13.1. The summed E-state index contributed by atoms with van der Waals surface area (Å²) >= 11 is 0. The van der Waals surface area contributed by atoms with E-state index in [0.717, 1.165) is 18.7 Å². The zero-order valence-electron chi connectivity index (χ0n) is 20.9. The van der Waals surface area contributed by atoms with Crippen molar-refractivity contribution >= 4 is 15.9 Å². The summed E-state index contributed by atoms with van der Waals surface area (Å²) < 4.78 is 27.7. The zero-order chi connectivity index (χ0) is 24.7. The number of sulfonamides is 1. The number of likely N-dealkylation sites (N-methyl/N-ethyl adjacent to an activating group) is 1. The molecule has 1 unspecified atom stereocenters. The molecule has 1 aliphatic heterocycles. The van der Waals surface area contributed by atoms with Crippen LogP contribution in [-0.4, -0.2) is 56.3 Å². The molecule has 1 fully saturated rings. The molecule has 6 nitrogen and oxygen atoms in total. The molecule has 0 bridgehead atoms. The van der Waals surface area contributed by atoms with Gasteiger partial charge in [-0.15, -0.1) is 0 Å². The quantitative estimate of drug-likeness (QED) is 0.541. The smallest absolute Gasteiger partial charge is 0.243 e. The van der Waals surface area contributed by atoms with Gasteiger partial charge in [-0.1, -0.05) is 70.2 Å². The predicted octanol–water partition coefficient (Wildman–Crippen LogP) is 4.41. The highest BCUT2D eigenvalue weighted by Crippen LogP contribution is 2.26. The van der Waals surface area contributed by atoms with Gasteiger partial charge in [0.25, 0.3) is 0 Å². The van der Waals surface area contributed by atoms with Gasteiger partial charge in [0.15, 0.2) is 0 Å². The fourth-order valence-electron chi connectivity index (χ4n) is 4.67. The van der Waals surface area contributed by atoms with Crippen LogP contribution in [0.2, 0.25) is 0 Å². The fraction of sp³-hybridized carbons (Fsp3) is 0.519. The second kappa shape index (κ2) is 12.0. The summed E-state index contributed by atoms with van der Waals surface area (Å²) in [5, 5.41) is 3.15. The predicted molar refractivity (Wildman–Crippen MR) is 137 cm³/mol. The minimum absolute atomic E-state index is 0.0198. The van der Waals surface area contributed by atoms with Crippen LogP contribution in [0.4, 0.5) is 0 Å². The van der Waals surface area contributed by atoms with Gasteiger partial charge in [0.1, 0.15) is 0 Å². The number of rotatable bonds is 10. The van der Waals surface area contributed by atoms with Crippen LogP contribution in [0.5, 0.6) is 0 Å². The van der Waals surface area contributed by atoms with Crippen LogP contribution in [0.1, 0.15) is 63.6 Å². The molecule has 7 heteroatoms. The number of piperidine rings is 1. The largest absolute Gasteiger partial charge is 0.354 e. The maximum atomic E-state index is 13.1. The van der Waals surface area contributed by atoms with Gasteiger partial charge in [0, 0.05) is 25.6 Å². The van der Waals surface area contributed by atoms with Gasteiger partial charge < -0.3 is 5.32 Å². The second-order valence-corrected chi connectivity index (χ2v) is 11.2. The summed E-state index contributed by atoms with van der Waals surface area (Å²) in [5.74, 6) is 0.212. The standard InChI is InChI=1S/C27H39N3O3S/c1-5-29(6-2)26(23-10-8-7-9-11-23)20-28-27(31)24-16-18-30(19-17-24)34(32,33)25-14-12-22(13-15-25)21(3)4/h7-15,21,24,26H,5-6,16-20H2,1-4H3,(H,28,31). The number of hydrogen-bond donors (Lipinski definition) is 1. The highest BCUT2D eigenvalue weighted by molar-refractivity contribution is 7.89. The molecule has 1 N–H and O–H groups in total. The van der Waals surface area contributed by atoms with Gasteiger partial charge in [-0.25, -0.2) is 8.42 Å². The maximum Gasteiger partial charge on any atom is 0.243 e. The van der Waals surface area contributed by atoms with E-state index in [9.17, 15) is 13.2 Å². The van der Waals surface area contributed by atoms with E-state index in [1.807, 2.05) is 30.3 Å². The Labute approximate surface area is 205 Å². The molecule has 1 heterocycles. The molecule has 2 aromatic carbocycles. The molecule has 3 rings (SSSR count). The third-order valence-corrected chi connectivity index (χ3v) is 8.83. The van der Waals surface area contributed by atoms with Crippen molar-refractivity contribution in [3.63, 3.8) is 0 Å². The highest BCUT2D eigenvalue weighted by Gasteiger charge is 2.32. The molecule has 0 radical (unpaired) electrons. The molecule has 34 heavy (non-hydrogen) atoms. The zero-order valence-corrected chi connectivity index (χ0v) is 21.7. The van der Waals surface area contributed by atoms with Crippen molar-refractivity contribution in [2.75, 3.05) is 32.7 Å². The van der Waals surface area contributed by atoms with E-state index in [0.29, 0.717) is 43.3 Å². The van der Waals surface area contributed by atoms with Crippen LogP contribution in [-0.2, 0) is 14.8 Å². The van der Waals surface area contributed by atoms with Crippen LogP contribution in [0.25, 0.3) is 0 Å². The molecule has 0 spiro atoms. The summed E-state index contributed by atoms with van der Waals surface area (Å²) in [5.41, 5.74) is 2.31. The first-order valence-corrected chi connectivity index (χ1v) is 13.9. The molecule has 0 aliphatic carbocycles. The van der Waals surface area contributed by atoms with Crippen molar-refractivity contribution in [1.82, 2.24) is 14.5 Å². The summed E-state index contributed by atoms with van der Waals surface area (Å²) in [4.78, 5) is 15.6. The van der Waals surface area contributed by atoms with Crippen molar-refractivity contribution in [3.8, 4) is 0 Å². The molecule has 1 aliphatic rings. The first-order chi connectivity index (χ1) is 16.3. The Hall–Kier alpha value is -2.22. The first-order valence-electron chi connectivity index (χ1n) is 12.4. The third-order valence-electron chi connectivity index (χ3n) is 6.92. The van der Waals surface area contributed by atoms with Gasteiger partial charge in [0.05, 0.1) is 10.9 Å². The van der Waals surface area contributed by atoms with Crippen LogP contribution in [0.15, 0.2) is 59.5 Å². The van der Waals surface area contributed by atoms with Gasteiger partial charge in [0.2, 0.25) is 15.9 Å². The Balaban J connectivity index is 1.58. The van der Waals surface area contributed by atoms with E-state index in [-0.39, 0.29) is 17.9 Å². The van der Waals surface area contributed by atoms with Crippen LogP contribution < -0.4 is 5.32 Å². The number of carbonyl (C=O) groups excluding carboxylic acids is 1. The van der Waals surface area contributed by atoms with Crippen molar-refractivity contribution in [1.29, 1.82) is 0 Å². The number of benzene rings is 2. The number of hydrogen-bond acceptors (Lipinski definition) is 4. The van der Waals surface area contributed by atoms with Crippen LogP contribution in [0, 0.1) is 5.92 Å². The van der Waals surface area contributed by atoms with Crippen molar-refractivity contribution in [3.05, 3.63) is 65.7 Å². The summed E-state index contributed by atoms with van der Waals surface area (Å²) in [6.07, 6.45) is 1.08. The van der Waals surface area contributed by atoms with Crippen molar-refractivity contribution in [2.45, 2.75) is 57.4 Å². The lowest BCUT2D eigenvalue weighted by molar-refractivity contribution is -0.126. The number of nitrogens with one attached hydrogen (secondary N) is 1. The Morgan fingerprint density at radius 3 is 2.09 bits per heavy atom. The monoisotopic (exact) mass is 485 g/mol. The number of nitrogens with zero attached hydrogens (tertiary/aromatic N) is 2. The van der Waals surface area contributed by atoms with Gasteiger partial charge >= 0.3 is 0 Å². The highest BCUT2D eigenvalue weighted by atomic mass is 32.2. The van der Waals surface area contributed by atoms with Crippen LogP contribution >= 0.6 is 0 Å². The molecule has 186 valence electrons. The minimum Gasteiger partial charge on any atom is -0.354 e. The summed E-state index contributed by atoms with van der Waals surface area (Å²) in [6.45, 7) is 11.5. The molecule has 0 aromatic heterocycles. The lowest BCUT2D eigenvalue weighted by Gasteiger charge is -2.33. The topological polar surface area (TPSA) is 69.7 Å². The lowest BCUT2D eigenvalue weighted by atomic mass is 9.97. The third kappa shape index (κ3) is 6.26. The Morgan fingerprint density at radius 2 is 1.56 bits per heavy atom. The average molecular weight is 486 g/mol. The Bertz CT molecular complexity index is 1010. The average Bonchev–Trinajstić information content (AvgIpc) is 2.87. The Kier molecular flexibility index (Phi) is 9.28. The second-order valence-electron chi connectivity index (χ2n) is 9.29. The van der Waals surface area contributed by atoms with Gasteiger partial charge in [-0.3, -0.25) is 9.69 Å². The molecule has 1 amide bonds. The van der Waals surface area contributed by atoms with E-state index < -0.39 is 10.0 Å². The van der Waals surface area contributed by atoms with E-state index >= 15 is 0 Å². The van der Waals surface area contributed by atoms with Crippen molar-refractivity contribution in [2.24, 2.45) is 5.92 Å². The lowest BCUT2D eigenvalue weighted by Crippen LogP contribution is -2.45. The molecule has 0 saturated carbocycles. The fourth-order valence-corrected chi connectivity index (χ4v) is 6.14. The van der Waals surface area contributed by atoms with E-state index in [2.05, 4.69) is 50.0 Å². The van der Waals surface area contributed by atoms with Crippen molar-refractivity contribution < 1.29 is 13.2 Å². The SMILES string of the molecule is CCN(CC)C(CNC(=O)C1CCN(S(=O)(=O)c2ccc(C(C)C)cc2)CC1)c1ccccc1. The molecule has 1 atom stereocenters.